The highest BCUT2D eigenvalue weighted by molar-refractivity contribution is 5.73. The van der Waals surface area contributed by atoms with Crippen molar-refractivity contribution < 1.29 is 9.90 Å². The number of hydrogen-bond acceptors (Lipinski definition) is 2. The molecule has 0 saturated heterocycles. The van der Waals surface area contributed by atoms with Crippen LogP contribution in [-0.4, -0.2) is 24.3 Å². The molecule has 0 aliphatic heterocycles. The molecule has 0 atom stereocenters. The van der Waals surface area contributed by atoms with Crippen LogP contribution in [0.3, 0.4) is 0 Å². The van der Waals surface area contributed by atoms with Crippen LogP contribution in [0.4, 0.5) is 4.79 Å². The molecule has 21 heavy (non-hydrogen) atoms. The number of amides is 2. The normalized spacial score (nSPS) is 16.4. The van der Waals surface area contributed by atoms with Crippen molar-refractivity contribution in [3.8, 4) is 0 Å². The predicted molar refractivity (Wildman–Crippen MR) is 84.1 cm³/mol. The zero-order valence-corrected chi connectivity index (χ0v) is 13.2. The van der Waals surface area contributed by atoms with Crippen molar-refractivity contribution in [1.29, 1.82) is 0 Å². The summed E-state index contributed by atoms with van der Waals surface area (Å²) in [5.74, 6) is 0. The minimum Gasteiger partial charge on any atom is -0.396 e. The van der Waals surface area contributed by atoms with E-state index in [0.717, 1.165) is 18.4 Å². The second kappa shape index (κ2) is 6.06. The fourth-order valence-electron chi connectivity index (χ4n) is 2.20. The molecule has 2 rings (SSSR count). The Morgan fingerprint density at radius 3 is 2.29 bits per heavy atom. The van der Waals surface area contributed by atoms with Crippen LogP contribution in [0.5, 0.6) is 0 Å². The Balaban J connectivity index is 1.76. The second-order valence-corrected chi connectivity index (χ2v) is 7.14. The highest BCUT2D eigenvalue weighted by Gasteiger charge is 2.42. The van der Waals surface area contributed by atoms with Gasteiger partial charge in [-0.2, -0.15) is 0 Å². The summed E-state index contributed by atoms with van der Waals surface area (Å²) in [6, 6.07) is 8.16. The lowest BCUT2D eigenvalue weighted by atomic mass is 9.87. The Bertz CT molecular complexity index is 485. The molecule has 3 N–H and O–H groups in total. The first-order chi connectivity index (χ1) is 9.85. The van der Waals surface area contributed by atoms with Gasteiger partial charge < -0.3 is 15.7 Å². The van der Waals surface area contributed by atoms with Crippen LogP contribution in [0.2, 0.25) is 0 Å². The molecule has 1 fully saturated rings. The fourth-order valence-corrected chi connectivity index (χ4v) is 2.20. The zero-order valence-electron chi connectivity index (χ0n) is 13.2. The number of carbonyl (C=O) groups excluding carboxylic acids is 1. The van der Waals surface area contributed by atoms with Gasteiger partial charge in [-0.05, 0) is 29.4 Å². The molecule has 0 heterocycles. The molecule has 4 heteroatoms. The highest BCUT2D eigenvalue weighted by Crippen LogP contribution is 2.44. The highest BCUT2D eigenvalue weighted by atomic mass is 16.3. The molecule has 116 valence electrons. The van der Waals surface area contributed by atoms with E-state index >= 15 is 0 Å². The minimum absolute atomic E-state index is 0.0499. The summed E-state index contributed by atoms with van der Waals surface area (Å²) in [4.78, 5) is 11.7. The quantitative estimate of drug-likeness (QED) is 0.780. The van der Waals surface area contributed by atoms with E-state index in [4.69, 9.17) is 0 Å². The van der Waals surface area contributed by atoms with Crippen LogP contribution < -0.4 is 10.6 Å². The van der Waals surface area contributed by atoms with Crippen LogP contribution in [0.15, 0.2) is 24.3 Å². The molecule has 0 radical (unpaired) electrons. The second-order valence-electron chi connectivity index (χ2n) is 7.14. The summed E-state index contributed by atoms with van der Waals surface area (Å²) < 4.78 is 0. The summed E-state index contributed by atoms with van der Waals surface area (Å²) in [6.45, 7) is 7.77. The van der Waals surface area contributed by atoms with Crippen molar-refractivity contribution in [2.75, 3.05) is 13.2 Å². The number of urea groups is 1. The number of aliphatic hydroxyl groups excluding tert-OH is 1. The van der Waals surface area contributed by atoms with Crippen molar-refractivity contribution in [3.63, 3.8) is 0 Å². The summed E-state index contributed by atoms with van der Waals surface area (Å²) >= 11 is 0. The number of rotatable bonds is 5. The fraction of sp³-hybridized carbons (Fsp3) is 0.588. The Morgan fingerprint density at radius 1 is 1.19 bits per heavy atom. The van der Waals surface area contributed by atoms with E-state index < -0.39 is 0 Å². The number of carbonyl (C=O) groups is 1. The van der Waals surface area contributed by atoms with Crippen LogP contribution in [0, 0.1) is 5.41 Å². The Hall–Kier alpha value is -1.55. The summed E-state index contributed by atoms with van der Waals surface area (Å²) in [5, 5.41) is 14.9. The van der Waals surface area contributed by atoms with Gasteiger partial charge in [0.1, 0.15) is 0 Å². The monoisotopic (exact) mass is 290 g/mol. The van der Waals surface area contributed by atoms with Gasteiger partial charge in [0, 0.05) is 18.5 Å². The minimum atomic E-state index is -0.172. The van der Waals surface area contributed by atoms with E-state index in [0.29, 0.717) is 13.1 Å². The van der Waals surface area contributed by atoms with Gasteiger partial charge >= 0.3 is 6.03 Å². The van der Waals surface area contributed by atoms with Gasteiger partial charge in [-0.25, -0.2) is 4.79 Å². The van der Waals surface area contributed by atoms with Crippen molar-refractivity contribution in [1.82, 2.24) is 10.6 Å². The molecular weight excluding hydrogens is 264 g/mol. The summed E-state index contributed by atoms with van der Waals surface area (Å²) in [5.41, 5.74) is 2.47. The first kappa shape index (κ1) is 15.8. The molecule has 0 spiro atoms. The number of hydrogen-bond donors (Lipinski definition) is 3. The van der Waals surface area contributed by atoms with E-state index in [-0.39, 0.29) is 23.5 Å². The molecule has 1 aliphatic rings. The van der Waals surface area contributed by atoms with Crippen molar-refractivity contribution >= 4 is 6.03 Å². The van der Waals surface area contributed by atoms with E-state index in [1.807, 2.05) is 0 Å². The molecule has 0 unspecified atom stereocenters. The van der Waals surface area contributed by atoms with Crippen LogP contribution >= 0.6 is 0 Å². The maximum atomic E-state index is 11.7. The first-order valence-electron chi connectivity index (χ1n) is 7.57. The third-order valence-corrected chi connectivity index (χ3v) is 4.19. The molecule has 1 saturated carbocycles. The third kappa shape index (κ3) is 4.46. The average Bonchev–Trinajstić information content (AvgIpc) is 3.23. The smallest absolute Gasteiger partial charge is 0.315 e. The van der Waals surface area contributed by atoms with Gasteiger partial charge in [0.15, 0.2) is 0 Å². The lowest BCUT2D eigenvalue weighted by Gasteiger charge is -2.19. The van der Waals surface area contributed by atoms with E-state index in [9.17, 15) is 9.90 Å². The SMILES string of the molecule is CC(C)(C)c1ccc(CNC(=O)NCC2(CO)CC2)cc1. The zero-order chi connectivity index (χ0) is 15.5. The maximum absolute atomic E-state index is 11.7. The van der Waals surface area contributed by atoms with Gasteiger partial charge in [0.2, 0.25) is 0 Å². The third-order valence-electron chi connectivity index (χ3n) is 4.19. The van der Waals surface area contributed by atoms with Crippen molar-refractivity contribution in [2.24, 2.45) is 5.41 Å². The van der Waals surface area contributed by atoms with Crippen LogP contribution in [0.1, 0.15) is 44.7 Å². The van der Waals surface area contributed by atoms with Gasteiger partial charge in [-0.1, -0.05) is 45.0 Å². The lowest BCUT2D eigenvalue weighted by Crippen LogP contribution is -2.39. The Kier molecular flexibility index (Phi) is 4.57. The molecule has 2 amide bonds. The summed E-state index contributed by atoms with van der Waals surface area (Å²) in [7, 11) is 0. The maximum Gasteiger partial charge on any atom is 0.315 e. The van der Waals surface area contributed by atoms with E-state index in [1.165, 1.54) is 5.56 Å². The van der Waals surface area contributed by atoms with Gasteiger partial charge in [-0.15, -0.1) is 0 Å². The molecule has 4 nitrogen and oxygen atoms in total. The molecule has 1 aromatic rings. The van der Waals surface area contributed by atoms with Crippen LogP contribution in [0.25, 0.3) is 0 Å². The molecule has 1 aliphatic carbocycles. The number of aliphatic hydroxyl groups is 1. The average molecular weight is 290 g/mol. The Labute approximate surface area is 126 Å². The first-order valence-corrected chi connectivity index (χ1v) is 7.57. The molecule has 1 aromatic carbocycles. The Morgan fingerprint density at radius 2 is 1.81 bits per heavy atom. The predicted octanol–water partition coefficient (Wildman–Crippen LogP) is 2.56. The lowest BCUT2D eigenvalue weighted by molar-refractivity contribution is 0.203. The van der Waals surface area contributed by atoms with Crippen molar-refractivity contribution in [3.05, 3.63) is 35.4 Å². The number of benzene rings is 1. The standard InChI is InChI=1S/C17H26N2O2/c1-16(2,3)14-6-4-13(5-7-14)10-18-15(21)19-11-17(12-20)8-9-17/h4-7,20H,8-12H2,1-3H3,(H2,18,19,21). The van der Waals surface area contributed by atoms with Gasteiger partial charge in [0.05, 0.1) is 6.61 Å². The molecule has 0 aromatic heterocycles. The van der Waals surface area contributed by atoms with Gasteiger partial charge in [0.25, 0.3) is 0 Å². The van der Waals surface area contributed by atoms with E-state index in [1.54, 1.807) is 0 Å². The summed E-state index contributed by atoms with van der Waals surface area (Å²) in [6.07, 6.45) is 2.00. The van der Waals surface area contributed by atoms with E-state index in [2.05, 4.69) is 55.7 Å². The number of nitrogens with one attached hydrogen (secondary N) is 2. The van der Waals surface area contributed by atoms with Crippen LogP contribution in [-0.2, 0) is 12.0 Å². The molecule has 0 bridgehead atoms. The van der Waals surface area contributed by atoms with Crippen molar-refractivity contribution in [2.45, 2.75) is 45.6 Å². The molecular formula is C17H26N2O2. The topological polar surface area (TPSA) is 61.4 Å². The largest absolute Gasteiger partial charge is 0.396 e. The van der Waals surface area contributed by atoms with Gasteiger partial charge in [-0.3, -0.25) is 0 Å².